The Bertz CT molecular complexity index is 1150. The van der Waals surface area contributed by atoms with Crippen molar-refractivity contribution in [3.63, 3.8) is 0 Å². The molecule has 3 aromatic rings. The van der Waals surface area contributed by atoms with Crippen LogP contribution in [0.25, 0.3) is 22.5 Å². The summed E-state index contributed by atoms with van der Waals surface area (Å²) in [7, 11) is 0.378. The lowest BCUT2D eigenvalue weighted by molar-refractivity contribution is 0.0799. The van der Waals surface area contributed by atoms with Gasteiger partial charge in [0, 0.05) is 37.8 Å². The highest BCUT2D eigenvalue weighted by molar-refractivity contribution is 6.76. The van der Waals surface area contributed by atoms with Crippen molar-refractivity contribution in [2.24, 2.45) is 0 Å². The van der Waals surface area contributed by atoms with Crippen LogP contribution in [-0.2, 0) is 17.9 Å². The van der Waals surface area contributed by atoms with Crippen molar-refractivity contribution in [3.05, 3.63) is 53.1 Å². The third-order valence-corrected chi connectivity index (χ3v) is 7.28. The maximum absolute atomic E-state index is 10.3. The number of phenolic OH excluding ortho intramolecular Hbond substituents is 1. The number of nitriles is 1. The fourth-order valence-electron chi connectivity index (χ4n) is 3.86. The average Bonchev–Trinajstić information content (AvgIpc) is 3.27. The number of hydrogen-bond donors (Lipinski definition) is 1. The van der Waals surface area contributed by atoms with Gasteiger partial charge in [-0.15, -0.1) is 0 Å². The van der Waals surface area contributed by atoms with Crippen LogP contribution in [0, 0.1) is 11.3 Å². The lowest BCUT2D eigenvalue weighted by Crippen LogP contribution is -2.22. The number of rotatable bonds is 7. The quantitative estimate of drug-likeness (QED) is 0.327. The zero-order valence-electron chi connectivity index (χ0n) is 18.4. The summed E-state index contributed by atoms with van der Waals surface area (Å²) in [6, 6.07) is 14.4. The molecule has 0 spiro atoms. The molecule has 0 aliphatic heterocycles. The first-order valence-corrected chi connectivity index (χ1v) is 14.1. The van der Waals surface area contributed by atoms with Gasteiger partial charge in [-0.3, -0.25) is 0 Å². The fourth-order valence-corrected chi connectivity index (χ4v) is 4.61. The Labute approximate surface area is 183 Å². The molecule has 1 aliphatic carbocycles. The lowest BCUT2D eigenvalue weighted by Gasteiger charge is -2.16. The summed E-state index contributed by atoms with van der Waals surface area (Å²) in [6.45, 7) is 8.08. The van der Waals surface area contributed by atoms with Crippen molar-refractivity contribution < 1.29 is 14.6 Å². The molecule has 0 radical (unpaired) electrons. The van der Waals surface area contributed by atoms with E-state index in [1.54, 1.807) is 13.2 Å². The fraction of sp³-hybridized carbons (Fsp3) is 0.333. The molecular weight excluding hydrogens is 406 g/mol. The molecule has 1 aliphatic rings. The van der Waals surface area contributed by atoms with Gasteiger partial charge in [0.25, 0.3) is 0 Å². The second-order valence-electron chi connectivity index (χ2n) is 9.07. The maximum Gasteiger partial charge on any atom is 0.161 e. The van der Waals surface area contributed by atoms with E-state index in [1.807, 2.05) is 35.0 Å². The maximum atomic E-state index is 10.3. The summed E-state index contributed by atoms with van der Waals surface area (Å²) >= 11 is 0. The van der Waals surface area contributed by atoms with Crippen LogP contribution >= 0.6 is 0 Å². The largest absolute Gasteiger partial charge is 0.504 e. The van der Waals surface area contributed by atoms with E-state index in [0.29, 0.717) is 31.1 Å². The van der Waals surface area contributed by atoms with Crippen LogP contribution in [0.3, 0.4) is 0 Å². The van der Waals surface area contributed by atoms with E-state index in [-0.39, 0.29) is 5.75 Å². The van der Waals surface area contributed by atoms with Crippen molar-refractivity contribution >= 4 is 8.07 Å². The van der Waals surface area contributed by atoms with Crippen molar-refractivity contribution in [3.8, 4) is 40.1 Å². The molecule has 31 heavy (non-hydrogen) atoms. The Morgan fingerprint density at radius 2 is 1.94 bits per heavy atom. The number of phenols is 1. The van der Waals surface area contributed by atoms with Crippen molar-refractivity contribution in [1.29, 1.82) is 5.26 Å². The molecule has 7 heteroatoms. The van der Waals surface area contributed by atoms with E-state index in [1.165, 1.54) is 0 Å². The smallest absolute Gasteiger partial charge is 0.161 e. The van der Waals surface area contributed by atoms with E-state index in [0.717, 1.165) is 39.7 Å². The molecule has 0 bridgehead atoms. The predicted molar refractivity (Wildman–Crippen MR) is 123 cm³/mol. The number of aromatic hydroxyl groups is 1. The SMILES string of the molecule is COc1cc2c(cc1O)Cc1c(-c3ccc(C#N)cc3)nn(COCC[Si](C)(C)C)c1-2. The van der Waals surface area contributed by atoms with Crippen LogP contribution in [-0.4, -0.2) is 36.7 Å². The van der Waals surface area contributed by atoms with Gasteiger partial charge >= 0.3 is 0 Å². The van der Waals surface area contributed by atoms with Gasteiger partial charge in [0.2, 0.25) is 0 Å². The highest BCUT2D eigenvalue weighted by atomic mass is 28.3. The molecule has 0 saturated heterocycles. The second-order valence-corrected chi connectivity index (χ2v) is 14.7. The molecule has 0 fully saturated rings. The molecule has 6 nitrogen and oxygen atoms in total. The van der Waals surface area contributed by atoms with E-state index in [4.69, 9.17) is 19.8 Å². The molecule has 1 aromatic heterocycles. The molecule has 0 amide bonds. The van der Waals surface area contributed by atoms with Crippen LogP contribution in [0.2, 0.25) is 25.7 Å². The third kappa shape index (κ3) is 4.22. The van der Waals surface area contributed by atoms with Gasteiger partial charge in [0.15, 0.2) is 11.5 Å². The van der Waals surface area contributed by atoms with E-state index in [2.05, 4.69) is 25.7 Å². The first-order valence-electron chi connectivity index (χ1n) is 10.4. The predicted octanol–water partition coefficient (Wildman–Crippen LogP) is 5.02. The third-order valence-electron chi connectivity index (χ3n) is 5.57. The Morgan fingerprint density at radius 3 is 2.58 bits per heavy atom. The Kier molecular flexibility index (Phi) is 5.61. The second kappa shape index (κ2) is 8.21. The van der Waals surface area contributed by atoms with Gasteiger partial charge in [0.05, 0.1) is 30.1 Å². The molecule has 1 N–H and O–H groups in total. The van der Waals surface area contributed by atoms with Crippen LogP contribution in [0.1, 0.15) is 16.7 Å². The first-order chi connectivity index (χ1) is 14.8. The molecule has 0 unspecified atom stereocenters. The van der Waals surface area contributed by atoms with Crippen LogP contribution in [0.4, 0.5) is 0 Å². The van der Waals surface area contributed by atoms with Gasteiger partial charge in [-0.2, -0.15) is 10.4 Å². The molecular formula is C24H27N3O3Si. The van der Waals surface area contributed by atoms with E-state index >= 15 is 0 Å². The number of hydrogen-bond acceptors (Lipinski definition) is 5. The Balaban J connectivity index is 1.73. The highest BCUT2D eigenvalue weighted by Gasteiger charge is 2.30. The Morgan fingerprint density at radius 1 is 1.19 bits per heavy atom. The molecule has 160 valence electrons. The summed E-state index contributed by atoms with van der Waals surface area (Å²) < 4.78 is 13.3. The first kappa shape index (κ1) is 21.2. The molecule has 0 saturated carbocycles. The van der Waals surface area contributed by atoms with Crippen LogP contribution < -0.4 is 4.74 Å². The van der Waals surface area contributed by atoms with Crippen molar-refractivity contribution in [2.75, 3.05) is 13.7 Å². The number of aromatic nitrogens is 2. The summed E-state index contributed by atoms with van der Waals surface area (Å²) in [6.07, 6.45) is 0.673. The Hall–Kier alpha value is -3.08. The minimum atomic E-state index is -1.17. The van der Waals surface area contributed by atoms with Gasteiger partial charge in [-0.05, 0) is 35.9 Å². The molecule has 1 heterocycles. The van der Waals surface area contributed by atoms with Gasteiger partial charge in [0.1, 0.15) is 6.73 Å². The van der Waals surface area contributed by atoms with Crippen molar-refractivity contribution in [1.82, 2.24) is 9.78 Å². The number of nitrogens with zero attached hydrogens (tertiary/aromatic N) is 3. The van der Waals surface area contributed by atoms with Crippen molar-refractivity contribution in [2.45, 2.75) is 38.8 Å². The van der Waals surface area contributed by atoms with Gasteiger partial charge in [-0.25, -0.2) is 4.68 Å². The van der Waals surface area contributed by atoms with E-state index < -0.39 is 8.07 Å². The summed E-state index contributed by atoms with van der Waals surface area (Å²) in [5.74, 6) is 0.580. The summed E-state index contributed by atoms with van der Waals surface area (Å²) in [5, 5.41) is 24.3. The average molecular weight is 434 g/mol. The number of fused-ring (bicyclic) bond motifs is 3. The minimum absolute atomic E-state index is 0.136. The van der Waals surface area contributed by atoms with Gasteiger partial charge < -0.3 is 14.6 Å². The molecule has 2 aromatic carbocycles. The standard InChI is InChI=1S/C24H27N3O3Si/c1-29-22-13-19-18(12-21(22)28)11-20-23(17-7-5-16(14-25)6-8-17)26-27(24(19)20)15-30-9-10-31(2,3)4/h5-8,12-13,28H,9-11,15H2,1-4H3. The highest BCUT2D eigenvalue weighted by Crippen LogP contribution is 2.45. The molecule has 0 atom stereocenters. The summed E-state index contributed by atoms with van der Waals surface area (Å²) in [4.78, 5) is 0. The van der Waals surface area contributed by atoms with Crippen LogP contribution in [0.15, 0.2) is 36.4 Å². The zero-order valence-corrected chi connectivity index (χ0v) is 19.4. The molecule has 4 rings (SSSR count). The minimum Gasteiger partial charge on any atom is -0.504 e. The van der Waals surface area contributed by atoms with E-state index in [9.17, 15) is 5.11 Å². The number of benzene rings is 2. The number of ether oxygens (including phenoxy) is 2. The summed E-state index contributed by atoms with van der Waals surface area (Å²) in [5.41, 5.74) is 6.60. The number of methoxy groups -OCH3 is 1. The zero-order chi connectivity index (χ0) is 22.2. The topological polar surface area (TPSA) is 80.3 Å². The monoisotopic (exact) mass is 433 g/mol. The van der Waals surface area contributed by atoms with Gasteiger partial charge in [-0.1, -0.05) is 31.8 Å². The normalized spacial score (nSPS) is 12.4. The lowest BCUT2D eigenvalue weighted by atomic mass is 10.0. The van der Waals surface area contributed by atoms with Crippen LogP contribution in [0.5, 0.6) is 11.5 Å².